The van der Waals surface area contributed by atoms with Crippen LogP contribution in [0, 0.1) is 0 Å². The lowest BCUT2D eigenvalue weighted by Gasteiger charge is -2.05. The van der Waals surface area contributed by atoms with E-state index in [0.29, 0.717) is 0 Å². The molecule has 2 aromatic carbocycles. The van der Waals surface area contributed by atoms with Crippen LogP contribution in [-0.2, 0) is 6.42 Å². The topological polar surface area (TPSA) is 0 Å². The first-order valence-corrected chi connectivity index (χ1v) is 7.00. The molecule has 2 aromatic rings. The van der Waals surface area contributed by atoms with Crippen LogP contribution in [0.1, 0.15) is 12.5 Å². The first-order chi connectivity index (χ1) is 7.40. The number of aryl methyl sites for hydroxylation is 1. The second-order valence-corrected chi connectivity index (χ2v) is 5.95. The van der Waals surface area contributed by atoms with Crippen LogP contribution in [0.3, 0.4) is 0 Å². The molecule has 0 fully saturated rings. The van der Waals surface area contributed by atoms with Crippen molar-refractivity contribution in [2.45, 2.75) is 13.3 Å². The van der Waals surface area contributed by atoms with Crippen LogP contribution in [0.4, 0.5) is 0 Å². The van der Waals surface area contributed by atoms with Gasteiger partial charge in [-0.1, -0.05) is 59.8 Å². The SMILES string of the molecule is CCc1cccc2c1[SiH2]c1ccccc1-2. The van der Waals surface area contributed by atoms with E-state index in [1.54, 1.807) is 15.9 Å². The summed E-state index contributed by atoms with van der Waals surface area (Å²) in [6, 6.07) is 15.7. The van der Waals surface area contributed by atoms with Crippen molar-refractivity contribution in [2.75, 3.05) is 0 Å². The standard InChI is InChI=1S/C14H14Si/c1-2-10-6-5-8-12-11-7-3-4-9-13(11)15-14(10)12/h3-9H,2,15H2,1H3. The number of rotatable bonds is 1. The van der Waals surface area contributed by atoms with E-state index < -0.39 is 0 Å². The monoisotopic (exact) mass is 210 g/mol. The summed E-state index contributed by atoms with van der Waals surface area (Å²) >= 11 is 0. The number of benzene rings is 2. The Bertz CT molecular complexity index is 514. The zero-order valence-corrected chi connectivity index (χ0v) is 10.4. The van der Waals surface area contributed by atoms with Gasteiger partial charge >= 0.3 is 0 Å². The number of hydrogen-bond acceptors (Lipinski definition) is 0. The second-order valence-electron chi connectivity index (χ2n) is 4.13. The number of fused-ring (bicyclic) bond motifs is 3. The highest BCUT2D eigenvalue weighted by Gasteiger charge is 2.19. The van der Waals surface area contributed by atoms with E-state index in [1.807, 2.05) is 0 Å². The van der Waals surface area contributed by atoms with Gasteiger partial charge in [-0.25, -0.2) is 0 Å². The molecule has 15 heavy (non-hydrogen) atoms. The first kappa shape index (κ1) is 8.92. The van der Waals surface area contributed by atoms with Crippen LogP contribution < -0.4 is 10.4 Å². The molecule has 0 aliphatic carbocycles. The molecule has 0 saturated heterocycles. The van der Waals surface area contributed by atoms with E-state index in [0.717, 1.165) is 0 Å². The summed E-state index contributed by atoms with van der Waals surface area (Å²) in [5, 5.41) is 3.30. The Morgan fingerprint density at radius 2 is 1.73 bits per heavy atom. The molecule has 0 atom stereocenters. The molecule has 0 bridgehead atoms. The predicted octanol–water partition coefficient (Wildman–Crippen LogP) is 1.35. The predicted molar refractivity (Wildman–Crippen MR) is 69.1 cm³/mol. The van der Waals surface area contributed by atoms with Crippen molar-refractivity contribution in [3.63, 3.8) is 0 Å². The van der Waals surface area contributed by atoms with Gasteiger partial charge in [0.05, 0.1) is 9.52 Å². The average molecular weight is 210 g/mol. The smallest absolute Gasteiger partial charge is 0.0627 e. The summed E-state index contributed by atoms with van der Waals surface area (Å²) in [5.74, 6) is 0. The fraction of sp³-hybridized carbons (Fsp3) is 0.143. The molecule has 0 spiro atoms. The van der Waals surface area contributed by atoms with Crippen LogP contribution in [-0.4, -0.2) is 9.52 Å². The zero-order chi connectivity index (χ0) is 10.3. The fourth-order valence-electron chi connectivity index (χ4n) is 2.55. The second kappa shape index (κ2) is 3.35. The third-order valence-electron chi connectivity index (χ3n) is 3.33. The summed E-state index contributed by atoms with van der Waals surface area (Å²) in [6.07, 6.45) is 1.17. The molecule has 0 aromatic heterocycles. The Balaban J connectivity index is 2.26. The number of hydrogen-bond donors (Lipinski definition) is 0. The molecule has 0 saturated carbocycles. The van der Waals surface area contributed by atoms with E-state index in [9.17, 15) is 0 Å². The molecule has 3 rings (SSSR count). The Kier molecular flexibility index (Phi) is 1.99. The molecule has 0 radical (unpaired) electrons. The summed E-state index contributed by atoms with van der Waals surface area (Å²) in [7, 11) is -0.200. The molecule has 1 heteroatoms. The quantitative estimate of drug-likeness (QED) is 0.532. The van der Waals surface area contributed by atoms with E-state index >= 15 is 0 Å². The van der Waals surface area contributed by atoms with Crippen LogP contribution in [0.15, 0.2) is 42.5 Å². The molecule has 0 N–H and O–H groups in total. The van der Waals surface area contributed by atoms with Crippen molar-refractivity contribution in [3.8, 4) is 11.1 Å². The molecule has 1 aliphatic rings. The Labute approximate surface area is 92.8 Å². The van der Waals surface area contributed by atoms with Gasteiger partial charge in [-0.05, 0) is 23.1 Å². The van der Waals surface area contributed by atoms with Gasteiger partial charge in [-0.15, -0.1) is 0 Å². The van der Waals surface area contributed by atoms with Gasteiger partial charge in [0.2, 0.25) is 0 Å². The minimum Gasteiger partial charge on any atom is -0.0627 e. The summed E-state index contributed by atoms with van der Waals surface area (Å²) in [5.41, 5.74) is 4.57. The fourth-order valence-corrected chi connectivity index (χ4v) is 4.78. The normalized spacial score (nSPS) is 13.9. The first-order valence-electron chi connectivity index (χ1n) is 5.59. The minimum atomic E-state index is -0.200. The van der Waals surface area contributed by atoms with Gasteiger partial charge in [0.25, 0.3) is 0 Å². The van der Waals surface area contributed by atoms with Crippen molar-refractivity contribution in [3.05, 3.63) is 48.0 Å². The largest absolute Gasteiger partial charge is 0.0894 e. The maximum atomic E-state index is 2.31. The van der Waals surface area contributed by atoms with Gasteiger partial charge in [0, 0.05) is 0 Å². The molecular formula is C14H14Si. The summed E-state index contributed by atoms with van der Waals surface area (Å²) < 4.78 is 0. The maximum Gasteiger partial charge on any atom is 0.0894 e. The highest BCUT2D eigenvalue weighted by atomic mass is 28.2. The van der Waals surface area contributed by atoms with Crippen LogP contribution in [0.2, 0.25) is 0 Å². The van der Waals surface area contributed by atoms with Crippen molar-refractivity contribution >= 4 is 19.9 Å². The Hall–Kier alpha value is -1.34. The summed E-state index contributed by atoms with van der Waals surface area (Å²) in [4.78, 5) is 0. The van der Waals surface area contributed by atoms with Gasteiger partial charge in [0.1, 0.15) is 0 Å². The van der Waals surface area contributed by atoms with Gasteiger partial charge in [-0.2, -0.15) is 0 Å². The third kappa shape index (κ3) is 1.27. The molecule has 0 unspecified atom stereocenters. The van der Waals surface area contributed by atoms with E-state index in [4.69, 9.17) is 0 Å². The third-order valence-corrected chi connectivity index (χ3v) is 5.51. The average Bonchev–Trinajstić information content (AvgIpc) is 2.67. The molecule has 1 heterocycles. The molecule has 0 amide bonds. The van der Waals surface area contributed by atoms with Gasteiger partial charge in [-0.3, -0.25) is 0 Å². The minimum absolute atomic E-state index is 0.200. The highest BCUT2D eigenvalue weighted by Crippen LogP contribution is 2.21. The van der Waals surface area contributed by atoms with Crippen molar-refractivity contribution < 1.29 is 0 Å². The molecule has 0 nitrogen and oxygen atoms in total. The van der Waals surface area contributed by atoms with Crippen molar-refractivity contribution in [1.29, 1.82) is 0 Å². The van der Waals surface area contributed by atoms with Gasteiger partial charge in [0.15, 0.2) is 0 Å². The van der Waals surface area contributed by atoms with Crippen LogP contribution in [0.25, 0.3) is 11.1 Å². The molecular weight excluding hydrogens is 196 g/mol. The van der Waals surface area contributed by atoms with Crippen LogP contribution >= 0.6 is 0 Å². The molecule has 1 aliphatic heterocycles. The zero-order valence-electron chi connectivity index (χ0n) is 8.96. The lowest BCUT2D eigenvalue weighted by molar-refractivity contribution is 1.15. The maximum absolute atomic E-state index is 2.31. The molecule has 74 valence electrons. The lowest BCUT2D eigenvalue weighted by atomic mass is 10.0. The van der Waals surface area contributed by atoms with Crippen LogP contribution in [0.5, 0.6) is 0 Å². The van der Waals surface area contributed by atoms with E-state index in [-0.39, 0.29) is 9.52 Å². The van der Waals surface area contributed by atoms with E-state index in [1.165, 1.54) is 17.5 Å². The lowest BCUT2D eigenvalue weighted by Crippen LogP contribution is -2.23. The summed E-state index contributed by atoms with van der Waals surface area (Å²) in [6.45, 7) is 2.26. The van der Waals surface area contributed by atoms with Gasteiger partial charge < -0.3 is 0 Å². The Morgan fingerprint density at radius 3 is 2.60 bits per heavy atom. The van der Waals surface area contributed by atoms with Crippen molar-refractivity contribution in [2.24, 2.45) is 0 Å². The Morgan fingerprint density at radius 1 is 0.933 bits per heavy atom. The highest BCUT2D eigenvalue weighted by molar-refractivity contribution is 6.73. The van der Waals surface area contributed by atoms with E-state index in [2.05, 4.69) is 49.4 Å². The van der Waals surface area contributed by atoms with Crippen molar-refractivity contribution in [1.82, 2.24) is 0 Å².